The number of hydrogen-bond donors (Lipinski definition) is 0. The van der Waals surface area contributed by atoms with Crippen molar-refractivity contribution in [3.8, 4) is 0 Å². The molecule has 0 aromatic heterocycles. The van der Waals surface area contributed by atoms with Gasteiger partial charge in [0.1, 0.15) is 7.05 Å². The fraction of sp³-hybridized carbons (Fsp3) is 0.275. The largest absolute Gasteiger partial charge is 0.347 e. The van der Waals surface area contributed by atoms with Gasteiger partial charge in [-0.2, -0.15) is 4.58 Å². The molecule has 0 amide bonds. The molecule has 0 spiro atoms. The molecule has 3 heteroatoms. The van der Waals surface area contributed by atoms with Crippen LogP contribution in [0, 0.1) is 0 Å². The number of halogens is 1. The lowest BCUT2D eigenvalue weighted by Gasteiger charge is -2.24. The molecule has 0 saturated carbocycles. The summed E-state index contributed by atoms with van der Waals surface area (Å²) in [4.78, 5) is 2.38. The number of fused-ring (bicyclic) bond motifs is 6. The second kappa shape index (κ2) is 10.1. The number of benzene rings is 4. The average Bonchev–Trinajstić information content (AvgIpc) is 3.33. The molecule has 4 aromatic carbocycles. The Labute approximate surface area is 261 Å². The van der Waals surface area contributed by atoms with E-state index in [1.807, 2.05) is 0 Å². The third-order valence-corrected chi connectivity index (χ3v) is 10.6. The van der Waals surface area contributed by atoms with Crippen LogP contribution in [0.25, 0.3) is 21.5 Å². The van der Waals surface area contributed by atoms with Crippen molar-refractivity contribution < 1.29 is 4.58 Å². The van der Waals surface area contributed by atoms with Crippen molar-refractivity contribution in [1.29, 1.82) is 0 Å². The summed E-state index contributed by atoms with van der Waals surface area (Å²) < 4.78 is 2.38. The van der Waals surface area contributed by atoms with Gasteiger partial charge in [0.25, 0.3) is 0 Å². The van der Waals surface area contributed by atoms with E-state index in [2.05, 4.69) is 148 Å². The minimum atomic E-state index is -0.0901. The molecule has 216 valence electrons. The van der Waals surface area contributed by atoms with E-state index in [0.717, 1.165) is 24.3 Å². The van der Waals surface area contributed by atoms with Gasteiger partial charge in [-0.3, -0.25) is 0 Å². The van der Waals surface area contributed by atoms with Gasteiger partial charge in [-0.15, -0.1) is 0 Å². The van der Waals surface area contributed by atoms with Gasteiger partial charge in [0.05, 0.1) is 16.5 Å². The van der Waals surface area contributed by atoms with Crippen molar-refractivity contribution in [2.24, 2.45) is 0 Å². The molecular formula is C40H40ClN2+. The molecule has 43 heavy (non-hydrogen) atoms. The van der Waals surface area contributed by atoms with E-state index in [-0.39, 0.29) is 10.8 Å². The Balaban J connectivity index is 1.23. The number of hydrogen-bond acceptors (Lipinski definition) is 1. The lowest BCUT2D eigenvalue weighted by atomic mass is 9.80. The Morgan fingerprint density at radius 1 is 0.744 bits per heavy atom. The number of allylic oxidation sites excluding steroid dienone is 8. The summed E-state index contributed by atoms with van der Waals surface area (Å²) in [5, 5.41) is 6.08. The number of likely N-dealkylation sites (N-methyl/N-ethyl adjacent to an activating group) is 1. The lowest BCUT2D eigenvalue weighted by Crippen LogP contribution is -2.26. The second-order valence-electron chi connectivity index (χ2n) is 13.4. The van der Waals surface area contributed by atoms with Gasteiger partial charge in [0.15, 0.2) is 5.71 Å². The van der Waals surface area contributed by atoms with Crippen LogP contribution in [0.5, 0.6) is 0 Å². The Hall–Kier alpha value is -3.88. The standard InChI is InChI=1S/C40H40ClN2/c1-39(2)32-22-18-26-12-7-9-16-30(26)37(32)42(5)34(39)24-20-28-14-11-15-29(36(28)41)21-25-35-40(3,4)33-23-19-27-13-8-10-17-31(27)38(33)43(35)6/h7-10,12-13,16-25H,11,14-15H2,1-6H3/q+1. The Morgan fingerprint density at radius 2 is 1.40 bits per heavy atom. The van der Waals surface area contributed by atoms with Crippen LogP contribution in [0.2, 0.25) is 0 Å². The van der Waals surface area contributed by atoms with Crippen molar-refractivity contribution >= 4 is 50.2 Å². The first-order chi connectivity index (χ1) is 20.6. The molecule has 0 radical (unpaired) electrons. The molecule has 2 heterocycles. The van der Waals surface area contributed by atoms with Gasteiger partial charge in [0, 0.05) is 40.2 Å². The van der Waals surface area contributed by atoms with Crippen molar-refractivity contribution in [3.05, 3.63) is 130 Å². The molecule has 4 aromatic rings. The van der Waals surface area contributed by atoms with Gasteiger partial charge in [-0.1, -0.05) is 104 Å². The van der Waals surface area contributed by atoms with E-state index in [4.69, 9.17) is 11.6 Å². The molecule has 2 aliphatic heterocycles. The Morgan fingerprint density at radius 3 is 2.14 bits per heavy atom. The highest BCUT2D eigenvalue weighted by atomic mass is 35.5. The minimum Gasteiger partial charge on any atom is -0.347 e. The summed E-state index contributed by atoms with van der Waals surface area (Å²) in [5.41, 5.74) is 10.3. The van der Waals surface area contributed by atoms with Crippen molar-refractivity contribution in [3.63, 3.8) is 0 Å². The maximum atomic E-state index is 7.16. The Kier molecular flexibility index (Phi) is 6.56. The molecule has 0 bridgehead atoms. The highest BCUT2D eigenvalue weighted by molar-refractivity contribution is 6.32. The molecule has 0 unspecified atom stereocenters. The van der Waals surface area contributed by atoms with E-state index >= 15 is 0 Å². The van der Waals surface area contributed by atoms with Gasteiger partial charge >= 0.3 is 0 Å². The summed E-state index contributed by atoms with van der Waals surface area (Å²) in [7, 11) is 4.41. The fourth-order valence-corrected chi connectivity index (χ4v) is 8.12. The van der Waals surface area contributed by atoms with Gasteiger partial charge < -0.3 is 4.90 Å². The van der Waals surface area contributed by atoms with E-state index < -0.39 is 0 Å². The molecule has 2 nitrogen and oxygen atoms in total. The monoisotopic (exact) mass is 583 g/mol. The topological polar surface area (TPSA) is 6.25 Å². The third kappa shape index (κ3) is 4.25. The normalized spacial score (nSPS) is 21.2. The summed E-state index contributed by atoms with van der Waals surface area (Å²) in [5.74, 6) is 0. The summed E-state index contributed by atoms with van der Waals surface area (Å²) in [6, 6.07) is 26.5. The smallest absolute Gasteiger partial charge is 0.217 e. The molecule has 3 aliphatic rings. The molecule has 0 N–H and O–H groups in total. The van der Waals surface area contributed by atoms with Crippen LogP contribution in [0.1, 0.15) is 58.1 Å². The molecule has 7 rings (SSSR count). The van der Waals surface area contributed by atoms with Gasteiger partial charge in [-0.05, 0) is 72.7 Å². The minimum absolute atomic E-state index is 0.0901. The predicted octanol–water partition coefficient (Wildman–Crippen LogP) is 10.5. The zero-order valence-electron chi connectivity index (χ0n) is 26.1. The van der Waals surface area contributed by atoms with Crippen LogP contribution >= 0.6 is 11.6 Å². The predicted molar refractivity (Wildman–Crippen MR) is 185 cm³/mol. The van der Waals surface area contributed by atoms with E-state index in [1.165, 1.54) is 66.6 Å². The zero-order valence-corrected chi connectivity index (χ0v) is 26.9. The highest BCUT2D eigenvalue weighted by Crippen LogP contribution is 2.50. The quantitative estimate of drug-likeness (QED) is 0.217. The zero-order chi connectivity index (χ0) is 30.1. The van der Waals surface area contributed by atoms with E-state index in [1.54, 1.807) is 0 Å². The average molecular weight is 584 g/mol. The summed E-state index contributed by atoms with van der Waals surface area (Å²) in [6.07, 6.45) is 12.3. The van der Waals surface area contributed by atoms with Crippen LogP contribution in [0.4, 0.5) is 11.4 Å². The lowest BCUT2D eigenvalue weighted by molar-refractivity contribution is -0.399. The van der Waals surface area contributed by atoms with Crippen molar-refractivity contribution in [2.75, 3.05) is 19.0 Å². The number of rotatable bonds is 3. The van der Waals surface area contributed by atoms with Crippen LogP contribution in [-0.2, 0) is 10.8 Å². The van der Waals surface area contributed by atoms with Crippen molar-refractivity contribution in [2.45, 2.75) is 57.8 Å². The first-order valence-electron chi connectivity index (χ1n) is 15.5. The fourth-order valence-electron chi connectivity index (χ4n) is 7.80. The van der Waals surface area contributed by atoms with Crippen LogP contribution in [0.15, 0.2) is 119 Å². The van der Waals surface area contributed by atoms with Crippen molar-refractivity contribution in [1.82, 2.24) is 0 Å². The third-order valence-electron chi connectivity index (χ3n) is 10.2. The summed E-state index contributed by atoms with van der Waals surface area (Å²) in [6.45, 7) is 9.33. The van der Waals surface area contributed by atoms with Crippen LogP contribution in [-0.4, -0.2) is 24.4 Å². The maximum absolute atomic E-state index is 7.16. The first-order valence-corrected chi connectivity index (χ1v) is 15.9. The maximum Gasteiger partial charge on any atom is 0.217 e. The van der Waals surface area contributed by atoms with Crippen LogP contribution in [0.3, 0.4) is 0 Å². The number of nitrogens with zero attached hydrogens (tertiary/aromatic N) is 2. The molecule has 0 fully saturated rings. The SMILES string of the molecule is CN1C(=CC=C2CCCC(C=CC3=[N+](C)c4c(ccc5ccccc45)C3(C)C)=C2Cl)C(C)(C)c2ccc3ccccc3c21. The van der Waals surface area contributed by atoms with E-state index in [9.17, 15) is 0 Å². The van der Waals surface area contributed by atoms with Gasteiger partial charge in [-0.25, -0.2) is 0 Å². The first kappa shape index (κ1) is 27.9. The molecule has 0 atom stereocenters. The Bertz CT molecular complexity index is 1980. The number of anilines is 1. The highest BCUT2D eigenvalue weighted by Gasteiger charge is 2.44. The molecule has 1 aliphatic carbocycles. The van der Waals surface area contributed by atoms with E-state index in [0.29, 0.717) is 0 Å². The van der Waals surface area contributed by atoms with Gasteiger partial charge in [0.2, 0.25) is 5.69 Å². The van der Waals surface area contributed by atoms with Crippen LogP contribution < -0.4 is 4.90 Å². The molecular weight excluding hydrogens is 544 g/mol. The summed E-state index contributed by atoms with van der Waals surface area (Å²) >= 11 is 7.16. The molecule has 0 saturated heterocycles. The second-order valence-corrected chi connectivity index (χ2v) is 13.8.